The third-order valence-electron chi connectivity index (χ3n) is 3.35. The molecular formula is C12H17BrOS. The molecule has 1 N–H and O–H groups in total. The van der Waals surface area contributed by atoms with Crippen molar-refractivity contribution in [2.45, 2.75) is 38.7 Å². The minimum atomic E-state index is -0.254. The lowest BCUT2D eigenvalue weighted by atomic mass is 9.78. The van der Waals surface area contributed by atoms with E-state index in [0.29, 0.717) is 5.92 Å². The van der Waals surface area contributed by atoms with Crippen molar-refractivity contribution >= 4 is 27.3 Å². The summed E-state index contributed by atoms with van der Waals surface area (Å²) in [6, 6.07) is 2.05. The highest BCUT2D eigenvalue weighted by molar-refractivity contribution is 9.11. The van der Waals surface area contributed by atoms with Gasteiger partial charge in [0.15, 0.2) is 0 Å². The van der Waals surface area contributed by atoms with E-state index in [9.17, 15) is 5.11 Å². The first-order valence-corrected chi connectivity index (χ1v) is 7.26. The van der Waals surface area contributed by atoms with Crippen molar-refractivity contribution in [1.82, 2.24) is 0 Å². The van der Waals surface area contributed by atoms with Gasteiger partial charge in [0, 0.05) is 0 Å². The van der Waals surface area contributed by atoms with Crippen LogP contribution in [-0.4, -0.2) is 5.11 Å². The number of aliphatic hydroxyl groups is 1. The van der Waals surface area contributed by atoms with Crippen LogP contribution in [0.25, 0.3) is 0 Å². The Labute approximate surface area is 104 Å². The van der Waals surface area contributed by atoms with Gasteiger partial charge in [-0.05, 0) is 57.6 Å². The first-order valence-electron chi connectivity index (χ1n) is 5.59. The highest BCUT2D eigenvalue weighted by Crippen LogP contribution is 2.38. The molecule has 0 saturated heterocycles. The Bertz CT molecular complexity index is 323. The summed E-state index contributed by atoms with van der Waals surface area (Å²) in [5.41, 5.74) is 1.09. The van der Waals surface area contributed by atoms with Crippen LogP contribution in [0.3, 0.4) is 0 Å². The van der Waals surface area contributed by atoms with E-state index in [1.54, 1.807) is 11.3 Å². The van der Waals surface area contributed by atoms with E-state index in [0.717, 1.165) is 15.3 Å². The first kappa shape index (κ1) is 11.6. The predicted molar refractivity (Wildman–Crippen MR) is 68.1 cm³/mol. The van der Waals surface area contributed by atoms with Gasteiger partial charge in [-0.15, -0.1) is 11.3 Å². The van der Waals surface area contributed by atoms with Crippen molar-refractivity contribution in [3.63, 3.8) is 0 Å². The van der Waals surface area contributed by atoms with Crippen molar-refractivity contribution in [2.24, 2.45) is 11.8 Å². The van der Waals surface area contributed by atoms with Gasteiger partial charge >= 0.3 is 0 Å². The van der Waals surface area contributed by atoms with Gasteiger partial charge in [-0.25, -0.2) is 0 Å². The second-order valence-corrected chi connectivity index (χ2v) is 6.95. The molecule has 1 aliphatic carbocycles. The van der Waals surface area contributed by atoms with Crippen LogP contribution in [0.5, 0.6) is 0 Å². The van der Waals surface area contributed by atoms with E-state index < -0.39 is 0 Å². The molecule has 0 aromatic carbocycles. The lowest BCUT2D eigenvalue weighted by Crippen LogP contribution is -2.19. The van der Waals surface area contributed by atoms with Gasteiger partial charge in [-0.1, -0.05) is 19.8 Å². The number of hydrogen-bond acceptors (Lipinski definition) is 2. The van der Waals surface area contributed by atoms with E-state index in [-0.39, 0.29) is 6.10 Å². The summed E-state index contributed by atoms with van der Waals surface area (Å²) in [7, 11) is 0. The highest BCUT2D eigenvalue weighted by atomic mass is 79.9. The molecular weight excluding hydrogens is 272 g/mol. The Kier molecular flexibility index (Phi) is 3.86. The number of rotatable bonds is 2. The summed E-state index contributed by atoms with van der Waals surface area (Å²) in [6.07, 6.45) is 4.70. The van der Waals surface area contributed by atoms with Crippen LogP contribution in [0.1, 0.15) is 44.3 Å². The van der Waals surface area contributed by atoms with E-state index >= 15 is 0 Å². The smallest absolute Gasteiger partial charge is 0.0826 e. The third-order valence-corrected chi connectivity index (χ3v) is 4.88. The van der Waals surface area contributed by atoms with Crippen molar-refractivity contribution in [3.05, 3.63) is 20.8 Å². The third kappa shape index (κ3) is 2.83. The van der Waals surface area contributed by atoms with Crippen LogP contribution >= 0.6 is 27.3 Å². The molecule has 3 heteroatoms. The van der Waals surface area contributed by atoms with Gasteiger partial charge in [0.25, 0.3) is 0 Å². The molecule has 1 fully saturated rings. The molecule has 84 valence electrons. The molecule has 0 radical (unpaired) electrons. The van der Waals surface area contributed by atoms with Crippen LogP contribution in [0.2, 0.25) is 0 Å². The van der Waals surface area contributed by atoms with Crippen LogP contribution < -0.4 is 0 Å². The van der Waals surface area contributed by atoms with Gasteiger partial charge in [-0.2, -0.15) is 0 Å². The summed E-state index contributed by atoms with van der Waals surface area (Å²) in [5, 5.41) is 12.3. The zero-order chi connectivity index (χ0) is 10.8. The van der Waals surface area contributed by atoms with Crippen LogP contribution in [-0.2, 0) is 0 Å². The molecule has 1 aromatic heterocycles. The monoisotopic (exact) mass is 288 g/mol. The number of halogens is 1. The van der Waals surface area contributed by atoms with Gasteiger partial charge in [0.2, 0.25) is 0 Å². The Balaban J connectivity index is 2.03. The van der Waals surface area contributed by atoms with Crippen molar-refractivity contribution in [3.8, 4) is 0 Å². The normalized spacial score (nSPS) is 29.0. The second kappa shape index (κ2) is 4.98. The number of thiophene rings is 1. The highest BCUT2D eigenvalue weighted by Gasteiger charge is 2.26. The molecule has 0 amide bonds. The number of aliphatic hydroxyl groups excluding tert-OH is 1. The predicted octanol–water partition coefficient (Wildman–Crippen LogP) is 4.37. The van der Waals surface area contributed by atoms with Gasteiger partial charge in [-0.3, -0.25) is 0 Å². The largest absolute Gasteiger partial charge is 0.388 e. The SMILES string of the molecule is CC1CCCC(C(O)c2csc(Br)c2)C1. The summed E-state index contributed by atoms with van der Waals surface area (Å²) >= 11 is 5.10. The van der Waals surface area contributed by atoms with Gasteiger partial charge < -0.3 is 5.11 Å². The van der Waals surface area contributed by atoms with Crippen LogP contribution in [0, 0.1) is 11.8 Å². The molecule has 1 aliphatic rings. The summed E-state index contributed by atoms with van der Waals surface area (Å²) in [6.45, 7) is 2.29. The Morgan fingerprint density at radius 1 is 1.53 bits per heavy atom. The van der Waals surface area contributed by atoms with Crippen LogP contribution in [0.4, 0.5) is 0 Å². The lowest BCUT2D eigenvalue weighted by Gasteiger charge is -2.30. The Morgan fingerprint density at radius 2 is 2.33 bits per heavy atom. The van der Waals surface area contributed by atoms with E-state index in [2.05, 4.69) is 34.3 Å². The fraction of sp³-hybridized carbons (Fsp3) is 0.667. The quantitative estimate of drug-likeness (QED) is 0.857. The minimum absolute atomic E-state index is 0.254. The molecule has 0 spiro atoms. The van der Waals surface area contributed by atoms with E-state index in [4.69, 9.17) is 0 Å². The molecule has 3 unspecified atom stereocenters. The molecule has 1 heterocycles. The lowest BCUT2D eigenvalue weighted by molar-refractivity contribution is 0.0717. The molecule has 1 nitrogen and oxygen atoms in total. The maximum Gasteiger partial charge on any atom is 0.0826 e. The zero-order valence-corrected chi connectivity index (χ0v) is 11.4. The Hall–Kier alpha value is 0.140. The summed E-state index contributed by atoms with van der Waals surface area (Å²) in [4.78, 5) is 0. The van der Waals surface area contributed by atoms with E-state index in [1.807, 2.05) is 0 Å². The average Bonchev–Trinajstić information content (AvgIpc) is 2.64. The molecule has 1 aromatic rings. The molecule has 2 rings (SSSR count). The minimum Gasteiger partial charge on any atom is -0.388 e. The molecule has 0 bridgehead atoms. The Morgan fingerprint density at radius 3 is 2.93 bits per heavy atom. The fourth-order valence-electron chi connectivity index (χ4n) is 2.52. The summed E-state index contributed by atoms with van der Waals surface area (Å²) < 4.78 is 1.11. The molecule has 3 atom stereocenters. The van der Waals surface area contributed by atoms with Crippen LogP contribution in [0.15, 0.2) is 15.2 Å². The maximum atomic E-state index is 10.3. The maximum absolute atomic E-state index is 10.3. The zero-order valence-electron chi connectivity index (χ0n) is 8.95. The number of hydrogen-bond donors (Lipinski definition) is 1. The van der Waals surface area contributed by atoms with Crippen molar-refractivity contribution in [2.75, 3.05) is 0 Å². The topological polar surface area (TPSA) is 20.2 Å². The van der Waals surface area contributed by atoms with Gasteiger partial charge in [0.05, 0.1) is 9.89 Å². The van der Waals surface area contributed by atoms with Crippen molar-refractivity contribution < 1.29 is 5.11 Å². The summed E-state index contributed by atoms with van der Waals surface area (Å²) in [5.74, 6) is 1.25. The fourth-order valence-corrected chi connectivity index (χ4v) is 3.72. The first-order chi connectivity index (χ1) is 7.16. The second-order valence-electron chi connectivity index (χ2n) is 4.66. The average molecular weight is 289 g/mol. The van der Waals surface area contributed by atoms with E-state index in [1.165, 1.54) is 25.7 Å². The standard InChI is InChI=1S/C12H17BrOS/c1-8-3-2-4-9(5-8)12(14)10-6-11(13)15-7-10/h6-9,12,14H,2-5H2,1H3. The van der Waals surface area contributed by atoms with Crippen molar-refractivity contribution in [1.29, 1.82) is 0 Å². The molecule has 0 aliphatic heterocycles. The van der Waals surface area contributed by atoms with Gasteiger partial charge in [0.1, 0.15) is 0 Å². The molecule has 15 heavy (non-hydrogen) atoms. The molecule has 1 saturated carbocycles.